The van der Waals surface area contributed by atoms with E-state index in [0.717, 1.165) is 16.8 Å². The van der Waals surface area contributed by atoms with Gasteiger partial charge in [-0.3, -0.25) is 9.59 Å². The van der Waals surface area contributed by atoms with Crippen LogP contribution >= 0.6 is 11.8 Å². The minimum absolute atomic E-state index is 0.0690. The lowest BCUT2D eigenvalue weighted by Gasteiger charge is -2.08. The van der Waals surface area contributed by atoms with Crippen molar-refractivity contribution in [2.24, 2.45) is 4.99 Å². The summed E-state index contributed by atoms with van der Waals surface area (Å²) in [4.78, 5) is 29.0. The zero-order valence-electron chi connectivity index (χ0n) is 15.4. The number of rotatable bonds is 5. The Hall–Kier alpha value is -2.80. The van der Waals surface area contributed by atoms with Crippen LogP contribution in [0.2, 0.25) is 0 Å². The van der Waals surface area contributed by atoms with E-state index in [1.54, 1.807) is 31.4 Å². The molecule has 2 amide bonds. The van der Waals surface area contributed by atoms with E-state index in [9.17, 15) is 9.59 Å². The van der Waals surface area contributed by atoms with E-state index in [0.29, 0.717) is 16.6 Å². The fraction of sp³-hybridized carbons (Fsp3) is 0.250. The van der Waals surface area contributed by atoms with Crippen LogP contribution in [0.4, 0.5) is 11.4 Å². The number of hydrogen-bond donors (Lipinski definition) is 2. The molecule has 1 atom stereocenters. The van der Waals surface area contributed by atoms with Crippen LogP contribution in [0.1, 0.15) is 17.5 Å². The molecule has 140 valence electrons. The molecule has 0 aromatic heterocycles. The standard InChI is InChI=1S/C20H21N3O3S/c1-12-7-13(2)9-15(8-12)22-20-23-19(25)17(27-20)11-18(24)21-14-5-4-6-16(10-14)26-3/h4-10,17H,11H2,1-3H3,(H,21,24)(H,22,23,25). The summed E-state index contributed by atoms with van der Waals surface area (Å²) in [6.45, 7) is 4.01. The number of nitrogens with zero attached hydrogens (tertiary/aromatic N) is 1. The summed E-state index contributed by atoms with van der Waals surface area (Å²) in [5.74, 6) is 0.219. The molecule has 27 heavy (non-hydrogen) atoms. The molecule has 1 aliphatic rings. The zero-order chi connectivity index (χ0) is 19.4. The molecule has 0 bridgehead atoms. The highest BCUT2D eigenvalue weighted by Crippen LogP contribution is 2.27. The summed E-state index contributed by atoms with van der Waals surface area (Å²) >= 11 is 1.28. The molecule has 1 saturated heterocycles. The average Bonchev–Trinajstić information content (AvgIpc) is 2.93. The first-order valence-electron chi connectivity index (χ1n) is 8.51. The maximum absolute atomic E-state index is 12.3. The van der Waals surface area contributed by atoms with Crippen LogP contribution in [0.3, 0.4) is 0 Å². The number of ether oxygens (including phenoxy) is 1. The van der Waals surface area contributed by atoms with Gasteiger partial charge in [0.15, 0.2) is 5.17 Å². The van der Waals surface area contributed by atoms with Gasteiger partial charge < -0.3 is 15.4 Å². The Morgan fingerprint density at radius 3 is 2.67 bits per heavy atom. The molecule has 3 rings (SSSR count). The second kappa shape index (κ2) is 8.26. The van der Waals surface area contributed by atoms with Gasteiger partial charge in [0, 0.05) is 18.2 Å². The fourth-order valence-corrected chi connectivity index (χ4v) is 3.79. The summed E-state index contributed by atoms with van der Waals surface area (Å²) in [5.41, 5.74) is 3.64. The molecule has 2 aromatic carbocycles. The summed E-state index contributed by atoms with van der Waals surface area (Å²) in [6.07, 6.45) is 0.0690. The van der Waals surface area contributed by atoms with E-state index in [1.807, 2.05) is 26.0 Å². The summed E-state index contributed by atoms with van der Waals surface area (Å²) in [7, 11) is 1.57. The minimum atomic E-state index is -0.500. The number of aliphatic imine (C=N–C) groups is 1. The fourth-order valence-electron chi connectivity index (χ4n) is 2.81. The number of benzene rings is 2. The summed E-state index contributed by atoms with van der Waals surface area (Å²) in [6, 6.07) is 13.1. The van der Waals surface area contributed by atoms with Crippen LogP contribution in [-0.2, 0) is 9.59 Å². The third-order valence-electron chi connectivity index (χ3n) is 3.94. The Bertz CT molecular complexity index is 891. The van der Waals surface area contributed by atoms with E-state index in [-0.39, 0.29) is 18.2 Å². The van der Waals surface area contributed by atoms with Crippen molar-refractivity contribution in [2.45, 2.75) is 25.5 Å². The van der Waals surface area contributed by atoms with Crippen LogP contribution in [-0.4, -0.2) is 29.3 Å². The van der Waals surface area contributed by atoms with Crippen molar-refractivity contribution in [3.05, 3.63) is 53.6 Å². The van der Waals surface area contributed by atoms with Gasteiger partial charge in [-0.05, 0) is 49.2 Å². The van der Waals surface area contributed by atoms with Gasteiger partial charge in [0.05, 0.1) is 12.8 Å². The quantitative estimate of drug-likeness (QED) is 0.827. The monoisotopic (exact) mass is 383 g/mol. The lowest BCUT2D eigenvalue weighted by atomic mass is 10.1. The number of methoxy groups -OCH3 is 1. The van der Waals surface area contributed by atoms with Crippen molar-refractivity contribution in [1.82, 2.24) is 5.32 Å². The Morgan fingerprint density at radius 2 is 1.96 bits per heavy atom. The maximum Gasteiger partial charge on any atom is 0.240 e. The van der Waals surface area contributed by atoms with Crippen molar-refractivity contribution >= 4 is 40.1 Å². The molecule has 6 nitrogen and oxygen atoms in total. The zero-order valence-corrected chi connectivity index (χ0v) is 16.2. The van der Waals surface area contributed by atoms with Crippen LogP contribution in [0.15, 0.2) is 47.5 Å². The molecule has 2 aromatic rings. The molecule has 0 spiro atoms. The van der Waals surface area contributed by atoms with Crippen molar-refractivity contribution in [3.8, 4) is 5.75 Å². The maximum atomic E-state index is 12.3. The Balaban J connectivity index is 1.63. The molecule has 1 aliphatic heterocycles. The van der Waals surface area contributed by atoms with Gasteiger partial charge >= 0.3 is 0 Å². The number of thioether (sulfide) groups is 1. The third-order valence-corrected chi connectivity index (χ3v) is 5.02. The van der Waals surface area contributed by atoms with Crippen molar-refractivity contribution in [3.63, 3.8) is 0 Å². The molecule has 1 unspecified atom stereocenters. The van der Waals surface area contributed by atoms with Gasteiger partial charge in [-0.15, -0.1) is 0 Å². The second-order valence-electron chi connectivity index (χ2n) is 6.34. The number of nitrogens with one attached hydrogen (secondary N) is 2. The van der Waals surface area contributed by atoms with Gasteiger partial charge in [0.25, 0.3) is 0 Å². The van der Waals surface area contributed by atoms with Gasteiger partial charge in [-0.1, -0.05) is 23.9 Å². The molecular formula is C20H21N3O3S. The second-order valence-corrected chi connectivity index (χ2v) is 7.53. The summed E-state index contributed by atoms with van der Waals surface area (Å²) in [5, 5.41) is 5.56. The summed E-state index contributed by atoms with van der Waals surface area (Å²) < 4.78 is 5.14. The first-order valence-corrected chi connectivity index (χ1v) is 9.39. The van der Waals surface area contributed by atoms with Crippen molar-refractivity contribution in [2.75, 3.05) is 12.4 Å². The number of carbonyl (C=O) groups is 2. The number of aryl methyl sites for hydroxylation is 2. The van der Waals surface area contributed by atoms with Gasteiger partial charge in [-0.25, -0.2) is 4.99 Å². The smallest absolute Gasteiger partial charge is 0.240 e. The topological polar surface area (TPSA) is 79.8 Å². The number of anilines is 1. The SMILES string of the molecule is COc1cccc(NC(=O)CC2SC(=Nc3cc(C)cc(C)c3)NC2=O)c1. The first-order chi connectivity index (χ1) is 12.9. The van der Waals surface area contributed by atoms with Crippen molar-refractivity contribution < 1.29 is 14.3 Å². The molecule has 7 heteroatoms. The van der Waals surface area contributed by atoms with E-state index >= 15 is 0 Å². The first kappa shape index (κ1) is 19.0. The number of hydrogen-bond acceptors (Lipinski definition) is 5. The molecule has 0 saturated carbocycles. The van der Waals surface area contributed by atoms with Crippen LogP contribution in [0, 0.1) is 13.8 Å². The number of amides is 2. The van der Waals surface area contributed by atoms with E-state index in [1.165, 1.54) is 11.8 Å². The largest absolute Gasteiger partial charge is 0.497 e. The normalized spacial score (nSPS) is 17.7. The molecule has 2 N–H and O–H groups in total. The predicted molar refractivity (Wildman–Crippen MR) is 109 cm³/mol. The Labute approximate surface area is 162 Å². The van der Waals surface area contributed by atoms with Crippen molar-refractivity contribution in [1.29, 1.82) is 0 Å². The average molecular weight is 383 g/mol. The van der Waals surface area contributed by atoms with E-state index in [4.69, 9.17) is 4.74 Å². The minimum Gasteiger partial charge on any atom is -0.497 e. The number of amidine groups is 1. The van der Waals surface area contributed by atoms with E-state index in [2.05, 4.69) is 21.7 Å². The van der Waals surface area contributed by atoms with Crippen LogP contribution in [0.5, 0.6) is 5.75 Å². The van der Waals surface area contributed by atoms with Crippen LogP contribution < -0.4 is 15.4 Å². The van der Waals surface area contributed by atoms with Gasteiger partial charge in [-0.2, -0.15) is 0 Å². The highest BCUT2D eigenvalue weighted by atomic mass is 32.2. The lowest BCUT2D eigenvalue weighted by molar-refractivity contribution is -0.122. The molecular weight excluding hydrogens is 362 g/mol. The highest BCUT2D eigenvalue weighted by molar-refractivity contribution is 8.15. The van der Waals surface area contributed by atoms with Crippen LogP contribution in [0.25, 0.3) is 0 Å². The molecule has 1 fully saturated rings. The van der Waals surface area contributed by atoms with Gasteiger partial charge in [0.1, 0.15) is 11.0 Å². The molecule has 1 heterocycles. The Kier molecular flexibility index (Phi) is 5.81. The van der Waals surface area contributed by atoms with E-state index < -0.39 is 5.25 Å². The lowest BCUT2D eigenvalue weighted by Crippen LogP contribution is -2.28. The third kappa shape index (κ3) is 5.10. The Morgan fingerprint density at radius 1 is 1.22 bits per heavy atom. The number of carbonyl (C=O) groups excluding carboxylic acids is 2. The molecule has 0 radical (unpaired) electrons. The highest BCUT2D eigenvalue weighted by Gasteiger charge is 2.32. The predicted octanol–water partition coefficient (Wildman–Crippen LogP) is 3.56. The van der Waals surface area contributed by atoms with Gasteiger partial charge in [0.2, 0.25) is 11.8 Å². The molecule has 0 aliphatic carbocycles.